The van der Waals surface area contributed by atoms with E-state index in [2.05, 4.69) is 38.1 Å². The van der Waals surface area contributed by atoms with Gasteiger partial charge in [-0.2, -0.15) is 0 Å². The quantitative estimate of drug-likeness (QED) is 0.898. The van der Waals surface area contributed by atoms with E-state index in [1.807, 2.05) is 25.1 Å². The number of aromatic nitrogens is 2. The first kappa shape index (κ1) is 13.8. The Balaban J connectivity index is 2.30. The summed E-state index contributed by atoms with van der Waals surface area (Å²) in [4.78, 5) is 8.69. The van der Waals surface area contributed by atoms with Crippen LogP contribution in [0.1, 0.15) is 24.7 Å². The van der Waals surface area contributed by atoms with Gasteiger partial charge in [-0.25, -0.2) is 9.97 Å². The Bertz CT molecular complexity index is 584. The average Bonchev–Trinajstić information content (AvgIpc) is 2.35. The van der Waals surface area contributed by atoms with Crippen LogP contribution in [0.3, 0.4) is 0 Å². The molecule has 4 nitrogen and oxygen atoms in total. The highest BCUT2D eigenvalue weighted by atomic mass is 79.9. The smallest absolute Gasteiger partial charge is 0.136 e. The number of nitrogen functional groups attached to an aromatic ring is 1. The molecule has 5 heteroatoms. The van der Waals surface area contributed by atoms with Gasteiger partial charge in [-0.15, -0.1) is 0 Å². The van der Waals surface area contributed by atoms with Crippen LogP contribution >= 0.6 is 15.9 Å². The Hall–Kier alpha value is -1.62. The second kappa shape index (κ2) is 6.02. The molecule has 2 rings (SSSR count). The Morgan fingerprint density at radius 3 is 2.84 bits per heavy atom. The number of aryl methyl sites for hydroxylation is 1. The van der Waals surface area contributed by atoms with Gasteiger partial charge in [-0.1, -0.05) is 28.9 Å². The molecule has 0 bridgehead atoms. The summed E-state index contributed by atoms with van der Waals surface area (Å²) in [5, 5.41) is 3.29. The predicted molar refractivity (Wildman–Crippen MR) is 82.6 cm³/mol. The summed E-state index contributed by atoms with van der Waals surface area (Å²) in [5.74, 6) is 2.00. The SMILES string of the molecule is CCCc1nc(N)cc(Nc2cccc(Br)c2C)n1. The fourth-order valence-electron chi connectivity index (χ4n) is 1.80. The Morgan fingerprint density at radius 1 is 1.32 bits per heavy atom. The molecule has 0 aliphatic rings. The van der Waals surface area contributed by atoms with E-state index in [-0.39, 0.29) is 0 Å². The first-order valence-corrected chi connectivity index (χ1v) is 7.05. The van der Waals surface area contributed by atoms with Crippen LogP contribution in [-0.4, -0.2) is 9.97 Å². The van der Waals surface area contributed by atoms with Crippen LogP contribution in [0.2, 0.25) is 0 Å². The number of hydrogen-bond donors (Lipinski definition) is 2. The van der Waals surface area contributed by atoms with Gasteiger partial charge in [0.1, 0.15) is 17.5 Å². The second-order valence-corrected chi connectivity index (χ2v) is 5.24. The maximum absolute atomic E-state index is 5.81. The average molecular weight is 321 g/mol. The summed E-state index contributed by atoms with van der Waals surface area (Å²) in [5.41, 5.74) is 7.96. The number of benzene rings is 1. The zero-order chi connectivity index (χ0) is 13.8. The van der Waals surface area contributed by atoms with Crippen molar-refractivity contribution in [2.45, 2.75) is 26.7 Å². The van der Waals surface area contributed by atoms with Gasteiger partial charge in [-0.3, -0.25) is 0 Å². The van der Waals surface area contributed by atoms with Crippen molar-refractivity contribution in [1.82, 2.24) is 9.97 Å². The van der Waals surface area contributed by atoms with Gasteiger partial charge in [0.2, 0.25) is 0 Å². The van der Waals surface area contributed by atoms with E-state index in [1.165, 1.54) is 0 Å². The highest BCUT2D eigenvalue weighted by molar-refractivity contribution is 9.10. The van der Waals surface area contributed by atoms with Crippen molar-refractivity contribution in [1.29, 1.82) is 0 Å². The summed E-state index contributed by atoms with van der Waals surface area (Å²) in [6.45, 7) is 4.14. The Labute approximate surface area is 121 Å². The molecule has 0 atom stereocenters. The maximum atomic E-state index is 5.81. The molecule has 0 aliphatic carbocycles. The molecule has 0 amide bonds. The number of hydrogen-bond acceptors (Lipinski definition) is 4. The van der Waals surface area contributed by atoms with Gasteiger partial charge < -0.3 is 11.1 Å². The fraction of sp³-hybridized carbons (Fsp3) is 0.286. The molecule has 1 aromatic carbocycles. The number of anilines is 3. The largest absolute Gasteiger partial charge is 0.384 e. The highest BCUT2D eigenvalue weighted by Crippen LogP contribution is 2.26. The lowest BCUT2D eigenvalue weighted by atomic mass is 10.2. The molecule has 2 aromatic rings. The molecule has 0 aliphatic heterocycles. The third kappa shape index (κ3) is 3.44. The van der Waals surface area contributed by atoms with Crippen molar-refractivity contribution in [3.05, 3.63) is 40.1 Å². The lowest BCUT2D eigenvalue weighted by molar-refractivity contribution is 0.839. The van der Waals surface area contributed by atoms with Gasteiger partial charge in [0.15, 0.2) is 0 Å². The van der Waals surface area contributed by atoms with Crippen molar-refractivity contribution in [2.75, 3.05) is 11.1 Å². The van der Waals surface area contributed by atoms with Crippen LogP contribution in [0.25, 0.3) is 0 Å². The van der Waals surface area contributed by atoms with Gasteiger partial charge in [0.05, 0.1) is 0 Å². The molecule has 19 heavy (non-hydrogen) atoms. The van der Waals surface area contributed by atoms with E-state index in [4.69, 9.17) is 5.73 Å². The minimum Gasteiger partial charge on any atom is -0.384 e. The fourth-order valence-corrected chi connectivity index (χ4v) is 2.16. The zero-order valence-corrected chi connectivity index (χ0v) is 12.7. The van der Waals surface area contributed by atoms with Crippen LogP contribution in [-0.2, 0) is 6.42 Å². The van der Waals surface area contributed by atoms with Crippen molar-refractivity contribution in [2.24, 2.45) is 0 Å². The molecule has 0 radical (unpaired) electrons. The minimum atomic E-state index is 0.494. The summed E-state index contributed by atoms with van der Waals surface area (Å²) >= 11 is 3.52. The second-order valence-electron chi connectivity index (χ2n) is 4.38. The predicted octanol–water partition coefficient (Wildman–Crippen LogP) is 3.83. The standard InChI is InChI=1S/C14H17BrN4/c1-3-5-13-18-12(16)8-14(19-13)17-11-7-4-6-10(15)9(11)2/h4,6-8H,3,5H2,1-2H3,(H3,16,17,18,19). The molecule has 1 heterocycles. The molecular formula is C14H17BrN4. The number of rotatable bonds is 4. The lowest BCUT2D eigenvalue weighted by Gasteiger charge is -2.11. The molecule has 1 aromatic heterocycles. The van der Waals surface area contributed by atoms with Crippen molar-refractivity contribution in [3.63, 3.8) is 0 Å². The maximum Gasteiger partial charge on any atom is 0.136 e. The molecule has 0 saturated heterocycles. The number of nitrogens with one attached hydrogen (secondary N) is 1. The van der Waals surface area contributed by atoms with E-state index in [9.17, 15) is 0 Å². The van der Waals surface area contributed by atoms with Crippen molar-refractivity contribution in [3.8, 4) is 0 Å². The third-order valence-electron chi connectivity index (χ3n) is 2.80. The van der Waals surface area contributed by atoms with Crippen LogP contribution in [0, 0.1) is 6.92 Å². The van der Waals surface area contributed by atoms with Gasteiger partial charge >= 0.3 is 0 Å². The van der Waals surface area contributed by atoms with E-state index in [0.717, 1.165) is 40.2 Å². The van der Waals surface area contributed by atoms with E-state index >= 15 is 0 Å². The molecule has 0 saturated carbocycles. The topological polar surface area (TPSA) is 63.8 Å². The van der Waals surface area contributed by atoms with Crippen LogP contribution in [0.4, 0.5) is 17.3 Å². The summed E-state index contributed by atoms with van der Waals surface area (Å²) in [6.07, 6.45) is 1.83. The highest BCUT2D eigenvalue weighted by Gasteiger charge is 2.05. The lowest BCUT2D eigenvalue weighted by Crippen LogP contribution is -2.04. The van der Waals surface area contributed by atoms with Crippen molar-refractivity contribution >= 4 is 33.3 Å². The van der Waals surface area contributed by atoms with Crippen LogP contribution < -0.4 is 11.1 Å². The molecule has 0 unspecified atom stereocenters. The van der Waals surface area contributed by atoms with Crippen LogP contribution in [0.15, 0.2) is 28.7 Å². The monoisotopic (exact) mass is 320 g/mol. The van der Waals surface area contributed by atoms with E-state index < -0.39 is 0 Å². The molecule has 0 spiro atoms. The first-order chi connectivity index (χ1) is 9.10. The van der Waals surface area contributed by atoms with Gasteiger partial charge in [-0.05, 0) is 31.0 Å². The zero-order valence-electron chi connectivity index (χ0n) is 11.1. The third-order valence-corrected chi connectivity index (χ3v) is 3.66. The normalized spacial score (nSPS) is 10.5. The Morgan fingerprint density at radius 2 is 2.11 bits per heavy atom. The first-order valence-electron chi connectivity index (χ1n) is 6.25. The summed E-state index contributed by atoms with van der Waals surface area (Å²) in [6, 6.07) is 7.76. The number of nitrogens with zero attached hydrogens (tertiary/aromatic N) is 2. The minimum absolute atomic E-state index is 0.494. The molecular weight excluding hydrogens is 304 g/mol. The Kier molecular flexibility index (Phi) is 4.37. The summed E-state index contributed by atoms with van der Waals surface area (Å²) in [7, 11) is 0. The van der Waals surface area contributed by atoms with E-state index in [1.54, 1.807) is 6.07 Å². The number of halogens is 1. The van der Waals surface area contributed by atoms with Gasteiger partial charge in [0.25, 0.3) is 0 Å². The number of nitrogens with two attached hydrogens (primary N) is 1. The van der Waals surface area contributed by atoms with Gasteiger partial charge in [0, 0.05) is 22.6 Å². The summed E-state index contributed by atoms with van der Waals surface area (Å²) < 4.78 is 1.06. The van der Waals surface area contributed by atoms with Crippen LogP contribution in [0.5, 0.6) is 0 Å². The molecule has 100 valence electrons. The van der Waals surface area contributed by atoms with E-state index in [0.29, 0.717) is 5.82 Å². The van der Waals surface area contributed by atoms with Crippen molar-refractivity contribution < 1.29 is 0 Å². The molecule has 0 fully saturated rings. The molecule has 3 N–H and O–H groups in total.